The highest BCUT2D eigenvalue weighted by Gasteiger charge is 2.13. The molecule has 1 fully saturated rings. The van der Waals surface area contributed by atoms with E-state index in [1.54, 1.807) is 24.3 Å². The van der Waals surface area contributed by atoms with E-state index in [1.165, 1.54) is 36.9 Å². The molecule has 0 aromatic heterocycles. The highest BCUT2D eigenvalue weighted by Crippen LogP contribution is 2.20. The third-order valence-electron chi connectivity index (χ3n) is 5.14. The highest BCUT2D eigenvalue weighted by molar-refractivity contribution is 6.39. The first kappa shape index (κ1) is 21.2. The first-order valence-corrected chi connectivity index (χ1v) is 10.7. The smallest absolute Gasteiger partial charge is 0.313 e. The fourth-order valence-corrected chi connectivity index (χ4v) is 3.62. The van der Waals surface area contributed by atoms with Crippen LogP contribution < -0.4 is 15.5 Å². The Balaban J connectivity index is 1.37. The highest BCUT2D eigenvalue weighted by atomic mass is 35.5. The maximum atomic E-state index is 11.9. The Hall–Kier alpha value is -2.53. The number of carbonyl (C=O) groups excluding carboxylic acids is 2. The van der Waals surface area contributed by atoms with E-state index >= 15 is 0 Å². The summed E-state index contributed by atoms with van der Waals surface area (Å²) < 4.78 is 0. The molecule has 1 heterocycles. The molecule has 6 heteroatoms. The zero-order chi connectivity index (χ0) is 20.5. The van der Waals surface area contributed by atoms with E-state index in [0.29, 0.717) is 17.3 Å². The van der Waals surface area contributed by atoms with E-state index in [-0.39, 0.29) is 0 Å². The van der Waals surface area contributed by atoms with Crippen molar-refractivity contribution in [1.82, 2.24) is 5.32 Å². The second-order valence-corrected chi connectivity index (χ2v) is 7.82. The lowest BCUT2D eigenvalue weighted by Gasteiger charge is -2.22. The number of benzene rings is 2. The van der Waals surface area contributed by atoms with Crippen LogP contribution in [-0.4, -0.2) is 31.4 Å². The van der Waals surface area contributed by atoms with Gasteiger partial charge in [-0.3, -0.25) is 9.59 Å². The van der Waals surface area contributed by atoms with Crippen LogP contribution in [0.5, 0.6) is 0 Å². The second-order valence-electron chi connectivity index (χ2n) is 7.39. The topological polar surface area (TPSA) is 61.4 Å². The van der Waals surface area contributed by atoms with Crippen LogP contribution in [0.4, 0.5) is 11.4 Å². The minimum Gasteiger partial charge on any atom is -0.372 e. The summed E-state index contributed by atoms with van der Waals surface area (Å²) in [5, 5.41) is 5.80. The van der Waals surface area contributed by atoms with Gasteiger partial charge in [0.05, 0.1) is 0 Å². The lowest BCUT2D eigenvalue weighted by Crippen LogP contribution is -2.36. The third-order valence-corrected chi connectivity index (χ3v) is 5.40. The van der Waals surface area contributed by atoms with Crippen molar-refractivity contribution >= 4 is 34.8 Å². The number of halogens is 1. The zero-order valence-corrected chi connectivity index (χ0v) is 17.4. The Morgan fingerprint density at radius 2 is 1.52 bits per heavy atom. The molecule has 2 N–H and O–H groups in total. The number of hydrogen-bond donors (Lipinski definition) is 2. The molecule has 2 aromatic rings. The molecule has 0 aliphatic carbocycles. The number of nitrogens with one attached hydrogen (secondary N) is 2. The maximum absolute atomic E-state index is 11.9. The predicted octanol–water partition coefficient (Wildman–Crippen LogP) is 4.41. The quantitative estimate of drug-likeness (QED) is 0.544. The van der Waals surface area contributed by atoms with Crippen molar-refractivity contribution in [3.05, 3.63) is 59.1 Å². The van der Waals surface area contributed by atoms with E-state index in [4.69, 9.17) is 11.6 Å². The molecule has 0 spiro atoms. The van der Waals surface area contributed by atoms with Crippen LogP contribution in [0.25, 0.3) is 0 Å². The molecular weight excluding hydrogens is 386 g/mol. The Kier molecular flexibility index (Phi) is 7.94. The van der Waals surface area contributed by atoms with Crippen LogP contribution in [0.15, 0.2) is 48.5 Å². The molecule has 3 rings (SSSR count). The average molecular weight is 414 g/mol. The molecule has 1 saturated heterocycles. The maximum Gasteiger partial charge on any atom is 0.313 e. The normalized spacial score (nSPS) is 14.2. The number of amides is 2. The summed E-state index contributed by atoms with van der Waals surface area (Å²) >= 11 is 5.81. The standard InChI is InChI=1S/C23H28ClN3O2/c24-19-9-11-20(12-10-19)26-23(29)22(28)25-15-5-6-18-7-13-21(14-8-18)27-16-3-1-2-4-17-27/h7-14H,1-6,15-17H2,(H,25,28)(H,26,29). The van der Waals surface area contributed by atoms with Gasteiger partial charge in [-0.15, -0.1) is 0 Å². The number of rotatable bonds is 6. The van der Waals surface area contributed by atoms with Gasteiger partial charge < -0.3 is 15.5 Å². The molecule has 29 heavy (non-hydrogen) atoms. The molecular formula is C23H28ClN3O2. The largest absolute Gasteiger partial charge is 0.372 e. The van der Waals surface area contributed by atoms with Gasteiger partial charge >= 0.3 is 11.8 Å². The average Bonchev–Trinajstić information content (AvgIpc) is 3.03. The van der Waals surface area contributed by atoms with Crippen molar-refractivity contribution in [2.75, 3.05) is 29.9 Å². The molecule has 2 amide bonds. The van der Waals surface area contributed by atoms with Crippen LogP contribution in [0.1, 0.15) is 37.7 Å². The van der Waals surface area contributed by atoms with Gasteiger partial charge in [0, 0.05) is 36.0 Å². The van der Waals surface area contributed by atoms with Gasteiger partial charge in [0.25, 0.3) is 0 Å². The van der Waals surface area contributed by atoms with E-state index in [2.05, 4.69) is 39.8 Å². The first-order chi connectivity index (χ1) is 14.1. The SMILES string of the molecule is O=C(NCCCc1ccc(N2CCCCCC2)cc1)C(=O)Nc1ccc(Cl)cc1. The fraction of sp³-hybridized carbons (Fsp3) is 0.391. The summed E-state index contributed by atoms with van der Waals surface area (Å²) in [5.41, 5.74) is 3.07. The van der Waals surface area contributed by atoms with Crippen molar-refractivity contribution in [2.24, 2.45) is 0 Å². The van der Waals surface area contributed by atoms with Gasteiger partial charge in [0.1, 0.15) is 0 Å². The van der Waals surface area contributed by atoms with Crippen LogP contribution >= 0.6 is 11.6 Å². The number of aryl methyl sites for hydroxylation is 1. The van der Waals surface area contributed by atoms with Gasteiger partial charge in [-0.25, -0.2) is 0 Å². The van der Waals surface area contributed by atoms with Crippen molar-refractivity contribution < 1.29 is 9.59 Å². The molecule has 1 aliphatic heterocycles. The number of anilines is 2. The number of nitrogens with zero attached hydrogens (tertiary/aromatic N) is 1. The number of hydrogen-bond acceptors (Lipinski definition) is 3. The van der Waals surface area contributed by atoms with E-state index in [1.807, 2.05) is 0 Å². The van der Waals surface area contributed by atoms with Crippen molar-refractivity contribution in [3.8, 4) is 0 Å². The van der Waals surface area contributed by atoms with Gasteiger partial charge in [-0.2, -0.15) is 0 Å². The molecule has 0 saturated carbocycles. The van der Waals surface area contributed by atoms with E-state index in [9.17, 15) is 9.59 Å². The molecule has 154 valence electrons. The van der Waals surface area contributed by atoms with Crippen LogP contribution in [-0.2, 0) is 16.0 Å². The Morgan fingerprint density at radius 1 is 0.862 bits per heavy atom. The number of carbonyl (C=O) groups is 2. The minimum absolute atomic E-state index is 0.459. The Bertz CT molecular complexity index is 798. The van der Waals surface area contributed by atoms with Gasteiger partial charge in [0.2, 0.25) is 0 Å². The van der Waals surface area contributed by atoms with Crippen LogP contribution in [0.2, 0.25) is 5.02 Å². The third kappa shape index (κ3) is 6.79. The van der Waals surface area contributed by atoms with Crippen LogP contribution in [0, 0.1) is 0 Å². The second kappa shape index (κ2) is 10.9. The zero-order valence-electron chi connectivity index (χ0n) is 16.6. The summed E-state index contributed by atoms with van der Waals surface area (Å²) in [5.74, 6) is -1.30. The Morgan fingerprint density at radius 3 is 2.17 bits per heavy atom. The molecule has 1 aliphatic rings. The molecule has 0 bridgehead atoms. The molecule has 5 nitrogen and oxygen atoms in total. The summed E-state index contributed by atoms with van der Waals surface area (Å²) in [6, 6.07) is 15.3. The summed E-state index contributed by atoms with van der Waals surface area (Å²) in [7, 11) is 0. The van der Waals surface area contributed by atoms with E-state index < -0.39 is 11.8 Å². The summed E-state index contributed by atoms with van der Waals surface area (Å²) in [6.45, 7) is 2.74. The first-order valence-electron chi connectivity index (χ1n) is 10.3. The molecule has 0 radical (unpaired) electrons. The molecule has 0 atom stereocenters. The van der Waals surface area contributed by atoms with Gasteiger partial charge in [-0.05, 0) is 67.6 Å². The lowest BCUT2D eigenvalue weighted by molar-refractivity contribution is -0.136. The minimum atomic E-state index is -0.672. The van der Waals surface area contributed by atoms with Crippen molar-refractivity contribution in [2.45, 2.75) is 38.5 Å². The monoisotopic (exact) mass is 413 g/mol. The summed E-state index contributed by atoms with van der Waals surface area (Å²) in [6.07, 6.45) is 6.85. The van der Waals surface area contributed by atoms with Crippen molar-refractivity contribution in [1.29, 1.82) is 0 Å². The Labute approximate surface area is 177 Å². The fourth-order valence-electron chi connectivity index (χ4n) is 3.50. The lowest BCUT2D eigenvalue weighted by atomic mass is 10.1. The van der Waals surface area contributed by atoms with Gasteiger partial charge in [0.15, 0.2) is 0 Å². The molecule has 0 unspecified atom stereocenters. The van der Waals surface area contributed by atoms with Crippen molar-refractivity contribution in [3.63, 3.8) is 0 Å². The summed E-state index contributed by atoms with van der Waals surface area (Å²) in [4.78, 5) is 26.3. The predicted molar refractivity (Wildman–Crippen MR) is 119 cm³/mol. The van der Waals surface area contributed by atoms with Crippen LogP contribution in [0.3, 0.4) is 0 Å². The van der Waals surface area contributed by atoms with Gasteiger partial charge in [-0.1, -0.05) is 36.6 Å². The molecule has 2 aromatic carbocycles. The van der Waals surface area contributed by atoms with E-state index in [0.717, 1.165) is 25.9 Å².